The van der Waals surface area contributed by atoms with Crippen molar-refractivity contribution in [2.24, 2.45) is 5.10 Å². The number of aromatic hydroxyl groups is 1. The average molecular weight is 429 g/mol. The molecule has 0 spiro atoms. The molecule has 0 atom stereocenters. The van der Waals surface area contributed by atoms with Gasteiger partial charge in [0.05, 0.1) is 19.9 Å². The molecule has 8 heteroatoms. The Morgan fingerprint density at radius 2 is 2.19 bits per heavy atom. The zero-order valence-electron chi connectivity index (χ0n) is 14.5. The van der Waals surface area contributed by atoms with Gasteiger partial charge in [0, 0.05) is 10.7 Å². The average Bonchev–Trinajstić information content (AvgIpc) is 3.11. The van der Waals surface area contributed by atoms with Crippen LogP contribution in [0.25, 0.3) is 0 Å². The van der Waals surface area contributed by atoms with E-state index in [1.165, 1.54) is 19.4 Å². The molecule has 0 saturated heterocycles. The largest absolute Gasteiger partial charge is 0.504 e. The van der Waals surface area contributed by atoms with Crippen LogP contribution in [-0.4, -0.2) is 34.1 Å². The molecule has 1 aromatic heterocycles. The van der Waals surface area contributed by atoms with E-state index in [1.807, 2.05) is 24.3 Å². The Hall–Kier alpha value is -3.13. The van der Waals surface area contributed by atoms with E-state index in [4.69, 9.17) is 4.74 Å². The summed E-state index contributed by atoms with van der Waals surface area (Å²) in [6, 6.07) is 14.3. The van der Waals surface area contributed by atoms with Crippen LogP contribution in [0.1, 0.15) is 21.6 Å². The molecule has 0 unspecified atom stereocenters. The van der Waals surface area contributed by atoms with Crippen molar-refractivity contribution >= 4 is 28.1 Å². The number of carbonyl (C=O) groups excluding carboxylic acids is 1. The molecule has 1 heterocycles. The van der Waals surface area contributed by atoms with Crippen molar-refractivity contribution in [2.75, 3.05) is 7.11 Å². The lowest BCUT2D eigenvalue weighted by Crippen LogP contribution is -2.18. The number of nitrogens with zero attached hydrogens (tertiary/aromatic N) is 3. The first-order valence-electron chi connectivity index (χ1n) is 8.03. The minimum absolute atomic E-state index is 0.0367. The first-order chi connectivity index (χ1) is 13.0. The maximum Gasteiger partial charge on any atom is 0.291 e. The number of halogens is 1. The van der Waals surface area contributed by atoms with E-state index in [0.29, 0.717) is 17.9 Å². The standard InChI is InChI=1S/C19H17BrN4O3/c1-27-18-10-13(5-6-17(18)25)11-21-22-19(26)16-7-8-24(23-16)12-14-3-2-4-15(20)9-14/h2-11,25H,12H2,1H3,(H,22,26)/b21-11-. The molecule has 7 nitrogen and oxygen atoms in total. The molecule has 0 aliphatic rings. The van der Waals surface area contributed by atoms with Crippen molar-refractivity contribution in [3.63, 3.8) is 0 Å². The first kappa shape index (κ1) is 18.7. The lowest BCUT2D eigenvalue weighted by molar-refractivity contribution is 0.0949. The van der Waals surface area contributed by atoms with Gasteiger partial charge < -0.3 is 9.84 Å². The van der Waals surface area contributed by atoms with Gasteiger partial charge in [-0.15, -0.1) is 0 Å². The summed E-state index contributed by atoms with van der Waals surface area (Å²) in [5.74, 6) is -0.0452. The number of ether oxygens (including phenoxy) is 1. The van der Waals surface area contributed by atoms with Gasteiger partial charge in [-0.1, -0.05) is 28.1 Å². The molecule has 0 fully saturated rings. The fourth-order valence-electron chi connectivity index (χ4n) is 2.39. The molecular formula is C19H17BrN4O3. The molecular weight excluding hydrogens is 412 g/mol. The lowest BCUT2D eigenvalue weighted by Gasteiger charge is -2.03. The number of aromatic nitrogens is 2. The highest BCUT2D eigenvalue weighted by molar-refractivity contribution is 9.10. The third kappa shape index (κ3) is 4.95. The van der Waals surface area contributed by atoms with Crippen molar-refractivity contribution in [3.05, 3.63) is 76.0 Å². The SMILES string of the molecule is COc1cc(/C=N\NC(=O)c2ccn(Cc3cccc(Br)c3)n2)ccc1O. The van der Waals surface area contributed by atoms with Gasteiger partial charge in [-0.3, -0.25) is 9.48 Å². The van der Waals surface area contributed by atoms with Crippen molar-refractivity contribution in [2.45, 2.75) is 6.54 Å². The Kier molecular flexibility index (Phi) is 5.87. The summed E-state index contributed by atoms with van der Waals surface area (Å²) >= 11 is 3.43. The summed E-state index contributed by atoms with van der Waals surface area (Å²) in [4.78, 5) is 12.2. The predicted molar refractivity (Wildman–Crippen MR) is 105 cm³/mol. The highest BCUT2D eigenvalue weighted by atomic mass is 79.9. The number of benzene rings is 2. The lowest BCUT2D eigenvalue weighted by atomic mass is 10.2. The minimum Gasteiger partial charge on any atom is -0.504 e. The van der Waals surface area contributed by atoms with E-state index in [2.05, 4.69) is 31.6 Å². The van der Waals surface area contributed by atoms with Crippen LogP contribution in [0.5, 0.6) is 11.5 Å². The topological polar surface area (TPSA) is 88.7 Å². The van der Waals surface area contributed by atoms with Crippen LogP contribution in [0.3, 0.4) is 0 Å². The summed E-state index contributed by atoms with van der Waals surface area (Å²) in [5, 5.41) is 17.7. The van der Waals surface area contributed by atoms with Crippen LogP contribution in [0, 0.1) is 0 Å². The van der Waals surface area contributed by atoms with E-state index in [0.717, 1.165) is 10.0 Å². The summed E-state index contributed by atoms with van der Waals surface area (Å²) in [7, 11) is 1.46. The molecule has 3 aromatic rings. The number of rotatable bonds is 6. The highest BCUT2D eigenvalue weighted by Gasteiger charge is 2.09. The Morgan fingerprint density at radius 3 is 2.96 bits per heavy atom. The van der Waals surface area contributed by atoms with Crippen molar-refractivity contribution in [3.8, 4) is 11.5 Å². The summed E-state index contributed by atoms with van der Waals surface area (Å²) in [5.41, 5.74) is 4.44. The molecule has 27 heavy (non-hydrogen) atoms. The quantitative estimate of drug-likeness (QED) is 0.466. The van der Waals surface area contributed by atoms with E-state index >= 15 is 0 Å². The normalized spacial score (nSPS) is 10.9. The first-order valence-corrected chi connectivity index (χ1v) is 8.83. The van der Waals surface area contributed by atoms with Crippen LogP contribution >= 0.6 is 15.9 Å². The van der Waals surface area contributed by atoms with E-state index in [-0.39, 0.29) is 11.4 Å². The van der Waals surface area contributed by atoms with Gasteiger partial charge in [0.2, 0.25) is 0 Å². The fraction of sp³-hybridized carbons (Fsp3) is 0.105. The van der Waals surface area contributed by atoms with Gasteiger partial charge in [-0.05, 0) is 47.5 Å². The molecule has 0 bridgehead atoms. The number of nitrogens with one attached hydrogen (secondary N) is 1. The molecule has 0 saturated carbocycles. The predicted octanol–water partition coefficient (Wildman–Crippen LogP) is 3.17. The van der Waals surface area contributed by atoms with Crippen molar-refractivity contribution in [1.29, 1.82) is 0 Å². The second-order valence-corrected chi connectivity index (χ2v) is 6.57. The monoisotopic (exact) mass is 428 g/mol. The maximum atomic E-state index is 12.2. The number of hydrogen-bond donors (Lipinski definition) is 2. The van der Waals surface area contributed by atoms with E-state index in [9.17, 15) is 9.90 Å². The molecule has 2 N–H and O–H groups in total. The fourth-order valence-corrected chi connectivity index (χ4v) is 2.84. The smallest absolute Gasteiger partial charge is 0.291 e. The van der Waals surface area contributed by atoms with Crippen molar-refractivity contribution in [1.82, 2.24) is 15.2 Å². The molecule has 2 aromatic carbocycles. The third-order valence-electron chi connectivity index (χ3n) is 3.69. The van der Waals surface area contributed by atoms with Gasteiger partial charge in [-0.2, -0.15) is 10.2 Å². The molecule has 0 aliphatic carbocycles. The number of phenolic OH excluding ortho intramolecular Hbond substituents is 1. The van der Waals surface area contributed by atoms with Crippen LogP contribution < -0.4 is 10.2 Å². The summed E-state index contributed by atoms with van der Waals surface area (Å²) in [6.07, 6.45) is 3.20. The van der Waals surface area contributed by atoms with Crippen LogP contribution in [0.2, 0.25) is 0 Å². The summed E-state index contributed by atoms with van der Waals surface area (Å²) < 4.78 is 7.70. The Bertz CT molecular complexity index is 985. The number of methoxy groups -OCH3 is 1. The molecule has 1 amide bonds. The summed E-state index contributed by atoms with van der Waals surface area (Å²) in [6.45, 7) is 0.559. The zero-order chi connectivity index (χ0) is 19.2. The minimum atomic E-state index is -0.412. The van der Waals surface area contributed by atoms with Gasteiger partial charge in [-0.25, -0.2) is 5.43 Å². The number of hydrogen-bond acceptors (Lipinski definition) is 5. The van der Waals surface area contributed by atoms with Gasteiger partial charge >= 0.3 is 0 Å². The highest BCUT2D eigenvalue weighted by Crippen LogP contribution is 2.25. The molecule has 138 valence electrons. The van der Waals surface area contributed by atoms with E-state index < -0.39 is 5.91 Å². The van der Waals surface area contributed by atoms with Gasteiger partial charge in [0.25, 0.3) is 5.91 Å². The Labute approximate surface area is 164 Å². The molecule has 3 rings (SSSR count). The number of hydrazone groups is 1. The number of amides is 1. The van der Waals surface area contributed by atoms with Crippen LogP contribution in [0.4, 0.5) is 0 Å². The Balaban J connectivity index is 1.61. The van der Waals surface area contributed by atoms with Crippen LogP contribution in [0.15, 0.2) is 64.3 Å². The van der Waals surface area contributed by atoms with E-state index in [1.54, 1.807) is 29.1 Å². The second-order valence-electron chi connectivity index (χ2n) is 5.66. The molecule has 0 aliphatic heterocycles. The number of carbonyl (C=O) groups is 1. The van der Waals surface area contributed by atoms with Gasteiger partial charge in [0.15, 0.2) is 17.2 Å². The second kappa shape index (κ2) is 8.50. The maximum absolute atomic E-state index is 12.2. The van der Waals surface area contributed by atoms with Crippen molar-refractivity contribution < 1.29 is 14.6 Å². The number of phenols is 1. The van der Waals surface area contributed by atoms with Gasteiger partial charge in [0.1, 0.15) is 0 Å². The Morgan fingerprint density at radius 1 is 1.33 bits per heavy atom. The third-order valence-corrected chi connectivity index (χ3v) is 4.18. The zero-order valence-corrected chi connectivity index (χ0v) is 16.0. The molecule has 0 radical (unpaired) electrons. The van der Waals surface area contributed by atoms with Crippen LogP contribution in [-0.2, 0) is 6.54 Å².